The molecule has 0 atom stereocenters. The first-order valence-corrected chi connectivity index (χ1v) is 6.95. The van der Waals surface area contributed by atoms with E-state index < -0.39 is 0 Å². The van der Waals surface area contributed by atoms with Crippen molar-refractivity contribution in [2.45, 2.75) is 6.42 Å². The fraction of sp³-hybridized carbons (Fsp3) is 0.0588. The summed E-state index contributed by atoms with van der Waals surface area (Å²) in [6, 6.07) is 6.72. The van der Waals surface area contributed by atoms with Gasteiger partial charge in [0.25, 0.3) is 0 Å². The molecule has 0 aliphatic carbocycles. The van der Waals surface area contributed by atoms with Crippen LogP contribution >= 0.6 is 0 Å². The average molecular weight is 306 g/mol. The molecule has 0 aliphatic heterocycles. The molecule has 6 nitrogen and oxygen atoms in total. The van der Waals surface area contributed by atoms with Crippen LogP contribution < -0.4 is 10.9 Å². The minimum absolute atomic E-state index is 0.101. The van der Waals surface area contributed by atoms with Gasteiger partial charge in [-0.15, -0.1) is 0 Å². The zero-order valence-electron chi connectivity index (χ0n) is 11.9. The van der Waals surface area contributed by atoms with Crippen LogP contribution in [-0.2, 0) is 6.42 Å². The van der Waals surface area contributed by atoms with E-state index in [2.05, 4.69) is 9.97 Å². The van der Waals surface area contributed by atoms with Crippen LogP contribution in [0.15, 0.2) is 67.6 Å². The second-order valence-electron chi connectivity index (χ2n) is 5.06. The van der Waals surface area contributed by atoms with Crippen molar-refractivity contribution in [2.75, 3.05) is 0 Å². The Kier molecular flexibility index (Phi) is 3.01. The summed E-state index contributed by atoms with van der Waals surface area (Å²) in [7, 11) is 0. The number of aromatic nitrogens is 2. The molecule has 0 bridgehead atoms. The van der Waals surface area contributed by atoms with E-state index in [-0.39, 0.29) is 28.3 Å². The topological polar surface area (TPSA) is 86.2 Å². The van der Waals surface area contributed by atoms with Gasteiger partial charge < -0.3 is 8.83 Å². The molecular weight excluding hydrogens is 296 g/mol. The molecule has 0 fully saturated rings. The van der Waals surface area contributed by atoms with Gasteiger partial charge in [-0.3, -0.25) is 9.59 Å². The van der Waals surface area contributed by atoms with Crippen LogP contribution in [0.1, 0.15) is 11.1 Å². The van der Waals surface area contributed by atoms with E-state index in [4.69, 9.17) is 8.83 Å². The second kappa shape index (κ2) is 5.17. The lowest BCUT2D eigenvalue weighted by molar-refractivity contribution is 0.584. The van der Waals surface area contributed by atoms with Gasteiger partial charge in [-0.25, -0.2) is 9.97 Å². The number of pyridine rings is 2. The largest absolute Gasteiger partial charge is 0.462 e. The highest BCUT2D eigenvalue weighted by atomic mass is 16.3. The molecule has 112 valence electrons. The van der Waals surface area contributed by atoms with Gasteiger partial charge in [-0.2, -0.15) is 0 Å². The number of hydrogen-bond donors (Lipinski definition) is 0. The van der Waals surface area contributed by atoms with Crippen molar-refractivity contribution in [1.82, 2.24) is 9.97 Å². The SMILES string of the molecule is O=c1c(Cc2coc3cccnc3c2=O)coc2cccnc12. The zero-order valence-corrected chi connectivity index (χ0v) is 11.9. The van der Waals surface area contributed by atoms with Gasteiger partial charge >= 0.3 is 0 Å². The fourth-order valence-electron chi connectivity index (χ4n) is 2.44. The van der Waals surface area contributed by atoms with Crippen LogP contribution in [0.3, 0.4) is 0 Å². The summed E-state index contributed by atoms with van der Waals surface area (Å²) in [6.45, 7) is 0. The van der Waals surface area contributed by atoms with Crippen molar-refractivity contribution in [1.29, 1.82) is 0 Å². The first-order chi connectivity index (χ1) is 11.2. The normalized spacial score (nSPS) is 11.1. The first-order valence-electron chi connectivity index (χ1n) is 6.95. The first kappa shape index (κ1) is 13.4. The standard InChI is InChI=1S/C17H10N2O4/c20-16-10(8-22-12-3-1-5-18-14(12)16)7-11-9-23-13-4-2-6-19-15(13)17(11)21/h1-6,8-9H,7H2. The molecule has 0 spiro atoms. The summed E-state index contributed by atoms with van der Waals surface area (Å²) < 4.78 is 10.8. The maximum absolute atomic E-state index is 12.4. The van der Waals surface area contributed by atoms with Crippen LogP contribution in [0.25, 0.3) is 22.2 Å². The summed E-state index contributed by atoms with van der Waals surface area (Å²) >= 11 is 0. The average Bonchev–Trinajstić information content (AvgIpc) is 2.60. The molecule has 4 heterocycles. The lowest BCUT2D eigenvalue weighted by atomic mass is 10.1. The quantitative estimate of drug-likeness (QED) is 0.564. The number of hydrogen-bond acceptors (Lipinski definition) is 6. The molecule has 0 saturated carbocycles. The van der Waals surface area contributed by atoms with Gasteiger partial charge in [0.2, 0.25) is 10.9 Å². The molecule has 0 N–H and O–H groups in total. The minimum atomic E-state index is -0.257. The van der Waals surface area contributed by atoms with E-state index in [9.17, 15) is 9.59 Å². The lowest BCUT2D eigenvalue weighted by Crippen LogP contribution is -2.16. The summed E-state index contributed by atoms with van der Waals surface area (Å²) in [5.41, 5.74) is 1.49. The number of nitrogens with zero attached hydrogens (tertiary/aromatic N) is 2. The van der Waals surface area contributed by atoms with Gasteiger partial charge in [-0.1, -0.05) is 0 Å². The Balaban J connectivity index is 1.85. The van der Waals surface area contributed by atoms with Crippen LogP contribution in [0.4, 0.5) is 0 Å². The van der Waals surface area contributed by atoms with Gasteiger partial charge in [0, 0.05) is 29.9 Å². The number of fused-ring (bicyclic) bond motifs is 2. The van der Waals surface area contributed by atoms with E-state index in [1.807, 2.05) is 0 Å². The lowest BCUT2D eigenvalue weighted by Gasteiger charge is -2.02. The van der Waals surface area contributed by atoms with Gasteiger partial charge in [0.05, 0.1) is 12.5 Å². The third kappa shape index (κ3) is 2.20. The maximum Gasteiger partial charge on any atom is 0.214 e. The van der Waals surface area contributed by atoms with E-state index in [1.54, 1.807) is 24.3 Å². The Morgan fingerprint density at radius 2 is 1.26 bits per heavy atom. The summed E-state index contributed by atoms with van der Waals surface area (Å²) in [5, 5.41) is 0. The maximum atomic E-state index is 12.4. The molecule has 4 aromatic rings. The van der Waals surface area contributed by atoms with Crippen molar-refractivity contribution < 1.29 is 8.83 Å². The molecule has 0 saturated heterocycles. The minimum Gasteiger partial charge on any atom is -0.462 e. The Hall–Kier alpha value is -3.28. The van der Waals surface area contributed by atoms with Gasteiger partial charge in [-0.05, 0) is 24.3 Å². The van der Waals surface area contributed by atoms with Crippen LogP contribution in [0.2, 0.25) is 0 Å². The molecule has 4 aromatic heterocycles. The highest BCUT2D eigenvalue weighted by Gasteiger charge is 2.13. The van der Waals surface area contributed by atoms with Crippen LogP contribution in [-0.4, -0.2) is 9.97 Å². The second-order valence-corrected chi connectivity index (χ2v) is 5.06. The van der Waals surface area contributed by atoms with Gasteiger partial charge in [0.15, 0.2) is 22.2 Å². The van der Waals surface area contributed by atoms with Crippen LogP contribution in [0.5, 0.6) is 0 Å². The highest BCUT2D eigenvalue weighted by molar-refractivity contribution is 5.73. The monoisotopic (exact) mass is 306 g/mol. The smallest absolute Gasteiger partial charge is 0.214 e. The third-order valence-electron chi connectivity index (χ3n) is 3.59. The molecule has 0 unspecified atom stereocenters. The van der Waals surface area contributed by atoms with Crippen molar-refractivity contribution in [3.05, 3.63) is 80.8 Å². The van der Waals surface area contributed by atoms with Crippen molar-refractivity contribution in [3.8, 4) is 0 Å². The Morgan fingerprint density at radius 3 is 1.74 bits per heavy atom. The van der Waals surface area contributed by atoms with E-state index in [1.165, 1.54) is 24.9 Å². The fourth-order valence-corrected chi connectivity index (χ4v) is 2.44. The van der Waals surface area contributed by atoms with E-state index in [0.717, 1.165) is 0 Å². The predicted octanol–water partition coefficient (Wildman–Crippen LogP) is 2.28. The molecule has 0 aromatic carbocycles. The highest BCUT2D eigenvalue weighted by Crippen LogP contribution is 2.12. The van der Waals surface area contributed by atoms with E-state index >= 15 is 0 Å². The number of rotatable bonds is 2. The zero-order chi connectivity index (χ0) is 15.8. The predicted molar refractivity (Wildman–Crippen MR) is 83.4 cm³/mol. The van der Waals surface area contributed by atoms with E-state index in [0.29, 0.717) is 22.3 Å². The summed E-state index contributed by atoms with van der Waals surface area (Å²) in [4.78, 5) is 32.9. The molecule has 0 aliphatic rings. The van der Waals surface area contributed by atoms with Gasteiger partial charge in [0.1, 0.15) is 0 Å². The molecule has 0 amide bonds. The molecule has 4 rings (SSSR count). The summed E-state index contributed by atoms with van der Waals surface area (Å²) in [6.07, 6.45) is 5.86. The Labute approximate surface area is 129 Å². The molecule has 23 heavy (non-hydrogen) atoms. The van der Waals surface area contributed by atoms with Crippen LogP contribution in [0, 0.1) is 0 Å². The third-order valence-corrected chi connectivity index (χ3v) is 3.59. The Morgan fingerprint density at radius 1 is 0.783 bits per heavy atom. The van der Waals surface area contributed by atoms with Crippen molar-refractivity contribution in [2.24, 2.45) is 0 Å². The Bertz CT molecular complexity index is 1050. The molecular formula is C17H10N2O4. The molecule has 0 radical (unpaired) electrons. The summed E-state index contributed by atoms with van der Waals surface area (Å²) in [5.74, 6) is 0. The van der Waals surface area contributed by atoms with Crippen molar-refractivity contribution in [3.63, 3.8) is 0 Å². The van der Waals surface area contributed by atoms with Crippen molar-refractivity contribution >= 4 is 22.2 Å². The molecule has 6 heteroatoms.